The van der Waals surface area contributed by atoms with Gasteiger partial charge in [-0.25, -0.2) is 4.98 Å². The van der Waals surface area contributed by atoms with Gasteiger partial charge in [0.25, 0.3) is 5.91 Å². The van der Waals surface area contributed by atoms with E-state index < -0.39 is 6.10 Å². The van der Waals surface area contributed by atoms with Gasteiger partial charge in [0.2, 0.25) is 0 Å². The first kappa shape index (κ1) is 15.7. The van der Waals surface area contributed by atoms with E-state index >= 15 is 0 Å². The van der Waals surface area contributed by atoms with Gasteiger partial charge in [0.1, 0.15) is 5.69 Å². The lowest BCUT2D eigenvalue weighted by Crippen LogP contribution is -2.33. The Bertz CT molecular complexity index is 617. The zero-order valence-corrected chi connectivity index (χ0v) is 13.3. The average Bonchev–Trinajstić information content (AvgIpc) is 2.48. The lowest BCUT2D eigenvalue weighted by molar-refractivity contribution is 0.0910. The number of hydrogen-bond acceptors (Lipinski definition) is 3. The van der Waals surface area contributed by atoms with E-state index in [1.165, 1.54) is 0 Å². The fraction of sp³-hybridized carbons (Fsp3) is 0.250. The molecule has 0 radical (unpaired) electrons. The molecule has 0 saturated heterocycles. The number of aliphatic hydroxyl groups excluding tert-OH is 1. The highest BCUT2D eigenvalue weighted by Crippen LogP contribution is 2.14. The molecule has 2 N–H and O–H groups in total. The van der Waals surface area contributed by atoms with Crippen LogP contribution in [0.5, 0.6) is 0 Å². The third-order valence-electron chi connectivity index (χ3n) is 3.01. The Balaban J connectivity index is 1.90. The van der Waals surface area contributed by atoms with E-state index in [0.29, 0.717) is 16.6 Å². The van der Waals surface area contributed by atoms with Crippen LogP contribution in [-0.2, 0) is 6.42 Å². The van der Waals surface area contributed by atoms with Crippen molar-refractivity contribution in [1.29, 1.82) is 0 Å². The van der Waals surface area contributed by atoms with Crippen molar-refractivity contribution in [1.82, 2.24) is 10.3 Å². The Morgan fingerprint density at radius 2 is 2.00 bits per heavy atom. The van der Waals surface area contributed by atoms with E-state index in [4.69, 9.17) is 0 Å². The van der Waals surface area contributed by atoms with Gasteiger partial charge >= 0.3 is 0 Å². The summed E-state index contributed by atoms with van der Waals surface area (Å²) >= 11 is 3.31. The van der Waals surface area contributed by atoms with Crippen molar-refractivity contribution in [3.63, 3.8) is 0 Å². The van der Waals surface area contributed by atoms with Gasteiger partial charge < -0.3 is 10.4 Å². The van der Waals surface area contributed by atoms with E-state index in [0.717, 1.165) is 11.3 Å². The van der Waals surface area contributed by atoms with E-state index in [-0.39, 0.29) is 12.5 Å². The lowest BCUT2D eigenvalue weighted by atomic mass is 10.1. The van der Waals surface area contributed by atoms with E-state index in [2.05, 4.69) is 26.2 Å². The number of carbonyl (C=O) groups is 1. The van der Waals surface area contributed by atoms with Crippen LogP contribution >= 0.6 is 15.9 Å². The monoisotopic (exact) mass is 348 g/mol. The third-order valence-corrected chi connectivity index (χ3v) is 3.65. The van der Waals surface area contributed by atoms with Crippen LogP contribution in [0.4, 0.5) is 0 Å². The van der Waals surface area contributed by atoms with E-state index in [1.807, 2.05) is 43.3 Å². The molecule has 0 spiro atoms. The normalized spacial score (nSPS) is 12.0. The quantitative estimate of drug-likeness (QED) is 0.872. The lowest BCUT2D eigenvalue weighted by Gasteiger charge is -2.12. The SMILES string of the molecule is Cc1ccc(Br)c(C(=O)NC[C@H](O)Cc2ccccc2)n1. The number of aromatic nitrogens is 1. The van der Waals surface area contributed by atoms with E-state index in [9.17, 15) is 9.90 Å². The Kier molecular flexibility index (Phi) is 5.47. The number of aryl methyl sites for hydroxylation is 1. The summed E-state index contributed by atoms with van der Waals surface area (Å²) in [5, 5.41) is 12.7. The van der Waals surface area contributed by atoms with Crippen molar-refractivity contribution in [2.45, 2.75) is 19.4 Å². The maximum absolute atomic E-state index is 12.1. The highest BCUT2D eigenvalue weighted by Gasteiger charge is 2.14. The number of benzene rings is 1. The van der Waals surface area contributed by atoms with Crippen molar-refractivity contribution in [2.75, 3.05) is 6.54 Å². The first-order valence-corrected chi connectivity index (χ1v) is 7.49. The van der Waals surface area contributed by atoms with Crippen LogP contribution in [0.2, 0.25) is 0 Å². The molecule has 0 aliphatic heterocycles. The molecule has 2 rings (SSSR count). The van der Waals surface area contributed by atoms with Gasteiger partial charge in [0.15, 0.2) is 0 Å². The third kappa shape index (κ3) is 4.65. The molecule has 0 saturated carbocycles. The summed E-state index contributed by atoms with van der Waals surface area (Å²) in [4.78, 5) is 16.3. The molecule has 110 valence electrons. The van der Waals surface area contributed by atoms with Crippen molar-refractivity contribution < 1.29 is 9.90 Å². The summed E-state index contributed by atoms with van der Waals surface area (Å²) in [5.41, 5.74) is 2.14. The molecule has 1 aromatic heterocycles. The molecule has 1 atom stereocenters. The molecule has 4 nitrogen and oxygen atoms in total. The predicted molar refractivity (Wildman–Crippen MR) is 85.2 cm³/mol. The standard InChI is InChI=1S/C16H17BrN2O2/c1-11-7-8-14(17)15(19-11)16(21)18-10-13(20)9-12-5-3-2-4-6-12/h2-8,13,20H,9-10H2,1H3,(H,18,21)/t13-/m1/s1. The van der Waals surface area contributed by atoms with Crippen molar-refractivity contribution in [3.05, 3.63) is 63.9 Å². The van der Waals surface area contributed by atoms with Gasteiger partial charge in [0.05, 0.1) is 6.10 Å². The van der Waals surface area contributed by atoms with Crippen LogP contribution < -0.4 is 5.32 Å². The van der Waals surface area contributed by atoms with Crippen molar-refractivity contribution in [2.24, 2.45) is 0 Å². The van der Waals surface area contributed by atoms with Crippen LogP contribution in [-0.4, -0.2) is 28.6 Å². The van der Waals surface area contributed by atoms with Crippen molar-refractivity contribution in [3.8, 4) is 0 Å². The second-order valence-electron chi connectivity index (χ2n) is 4.84. The second-order valence-corrected chi connectivity index (χ2v) is 5.69. The topological polar surface area (TPSA) is 62.2 Å². The van der Waals surface area contributed by atoms with Crippen LogP contribution in [0.1, 0.15) is 21.7 Å². The van der Waals surface area contributed by atoms with Crippen LogP contribution in [0.15, 0.2) is 46.9 Å². The number of hydrogen-bond donors (Lipinski definition) is 2. The molecule has 0 bridgehead atoms. The minimum Gasteiger partial charge on any atom is -0.391 e. The average molecular weight is 349 g/mol. The largest absolute Gasteiger partial charge is 0.391 e. The van der Waals surface area contributed by atoms with Crippen LogP contribution in [0.25, 0.3) is 0 Å². The molecular weight excluding hydrogens is 332 g/mol. The molecule has 1 amide bonds. The fourth-order valence-corrected chi connectivity index (χ4v) is 2.35. The number of pyridine rings is 1. The number of nitrogens with one attached hydrogen (secondary N) is 1. The molecular formula is C16H17BrN2O2. The number of carbonyl (C=O) groups excluding carboxylic acids is 1. The summed E-state index contributed by atoms with van der Waals surface area (Å²) in [5.74, 6) is -0.294. The number of halogens is 1. The Morgan fingerprint density at radius 1 is 1.29 bits per heavy atom. The number of aliphatic hydroxyl groups is 1. The zero-order valence-electron chi connectivity index (χ0n) is 11.7. The maximum Gasteiger partial charge on any atom is 0.271 e. The summed E-state index contributed by atoms with van der Waals surface area (Å²) < 4.78 is 0.642. The summed E-state index contributed by atoms with van der Waals surface area (Å²) in [6, 6.07) is 13.3. The summed E-state index contributed by atoms with van der Waals surface area (Å²) in [6.07, 6.45) is -0.122. The highest BCUT2D eigenvalue weighted by atomic mass is 79.9. The Hall–Kier alpha value is -1.72. The van der Waals surface area contributed by atoms with Crippen molar-refractivity contribution >= 4 is 21.8 Å². The van der Waals surface area contributed by atoms with Gasteiger partial charge in [-0.1, -0.05) is 30.3 Å². The van der Waals surface area contributed by atoms with Gasteiger partial charge in [0, 0.05) is 23.1 Å². The number of nitrogens with zero attached hydrogens (tertiary/aromatic N) is 1. The molecule has 0 aliphatic carbocycles. The maximum atomic E-state index is 12.1. The predicted octanol–water partition coefficient (Wildman–Crippen LogP) is 2.49. The van der Waals surface area contributed by atoms with E-state index in [1.54, 1.807) is 6.07 Å². The van der Waals surface area contributed by atoms with Crippen LogP contribution in [0.3, 0.4) is 0 Å². The minimum atomic E-state index is -0.625. The molecule has 1 aromatic carbocycles. The second kappa shape index (κ2) is 7.33. The molecule has 2 aromatic rings. The Morgan fingerprint density at radius 3 is 2.71 bits per heavy atom. The van der Waals surface area contributed by atoms with Gasteiger partial charge in [-0.05, 0) is 40.5 Å². The molecule has 0 fully saturated rings. The number of amides is 1. The minimum absolute atomic E-state index is 0.190. The van der Waals surface area contributed by atoms with Gasteiger partial charge in [-0.2, -0.15) is 0 Å². The molecule has 21 heavy (non-hydrogen) atoms. The van der Waals surface area contributed by atoms with Gasteiger partial charge in [-0.15, -0.1) is 0 Å². The molecule has 5 heteroatoms. The molecule has 0 aliphatic rings. The number of rotatable bonds is 5. The van der Waals surface area contributed by atoms with Crippen LogP contribution in [0, 0.1) is 6.92 Å². The summed E-state index contributed by atoms with van der Waals surface area (Å²) in [6.45, 7) is 2.02. The zero-order chi connectivity index (χ0) is 15.2. The smallest absolute Gasteiger partial charge is 0.271 e. The highest BCUT2D eigenvalue weighted by molar-refractivity contribution is 9.10. The first-order chi connectivity index (χ1) is 10.1. The Labute approximate surface area is 132 Å². The first-order valence-electron chi connectivity index (χ1n) is 6.69. The molecule has 1 heterocycles. The molecule has 0 unspecified atom stereocenters. The van der Waals surface area contributed by atoms with Gasteiger partial charge in [-0.3, -0.25) is 4.79 Å². The summed E-state index contributed by atoms with van der Waals surface area (Å²) in [7, 11) is 0. The fourth-order valence-electron chi connectivity index (χ4n) is 1.95.